The van der Waals surface area contributed by atoms with Gasteiger partial charge in [-0.2, -0.15) is 0 Å². The average molecular weight is 283 g/mol. The van der Waals surface area contributed by atoms with Gasteiger partial charge in [0.1, 0.15) is 5.75 Å². The minimum absolute atomic E-state index is 0.259. The third-order valence-corrected chi connectivity index (χ3v) is 4.11. The number of benzene rings is 1. The Morgan fingerprint density at radius 3 is 2.29 bits per heavy atom. The predicted octanol–water partition coefficient (Wildman–Crippen LogP) is 3.28. The first-order chi connectivity index (χ1) is 10.1. The van der Waals surface area contributed by atoms with E-state index in [1.54, 1.807) is 12.1 Å². The Kier molecular flexibility index (Phi) is 3.88. The van der Waals surface area contributed by atoms with Gasteiger partial charge in [0, 0.05) is 28.6 Å². The van der Waals surface area contributed by atoms with E-state index >= 15 is 0 Å². The normalized spacial score (nSPS) is 18.7. The SMILES string of the molecule is Cc1nc(-c2ccc(O)cc2)nc(C)c1C1CCCCN1. The van der Waals surface area contributed by atoms with Gasteiger partial charge < -0.3 is 10.4 Å². The molecule has 2 N–H and O–H groups in total. The van der Waals surface area contributed by atoms with E-state index in [4.69, 9.17) is 0 Å². The fraction of sp³-hybridized carbons (Fsp3) is 0.412. The van der Waals surface area contributed by atoms with Crippen molar-refractivity contribution >= 4 is 0 Å². The summed E-state index contributed by atoms with van der Waals surface area (Å²) in [7, 11) is 0. The van der Waals surface area contributed by atoms with Crippen molar-refractivity contribution in [3.05, 3.63) is 41.2 Å². The minimum Gasteiger partial charge on any atom is -0.508 e. The number of piperidine rings is 1. The van der Waals surface area contributed by atoms with Crippen molar-refractivity contribution in [2.75, 3.05) is 6.54 Å². The minimum atomic E-state index is 0.259. The molecule has 0 bridgehead atoms. The van der Waals surface area contributed by atoms with Crippen molar-refractivity contribution in [2.24, 2.45) is 0 Å². The third-order valence-electron chi connectivity index (χ3n) is 4.11. The zero-order valence-corrected chi connectivity index (χ0v) is 12.6. The van der Waals surface area contributed by atoms with Crippen LogP contribution in [0.4, 0.5) is 0 Å². The molecule has 0 radical (unpaired) electrons. The van der Waals surface area contributed by atoms with Gasteiger partial charge in [0.25, 0.3) is 0 Å². The van der Waals surface area contributed by atoms with Gasteiger partial charge in [0.05, 0.1) is 0 Å². The van der Waals surface area contributed by atoms with Gasteiger partial charge in [-0.15, -0.1) is 0 Å². The van der Waals surface area contributed by atoms with E-state index < -0.39 is 0 Å². The molecule has 1 unspecified atom stereocenters. The molecule has 2 aromatic rings. The van der Waals surface area contributed by atoms with E-state index in [1.807, 2.05) is 12.1 Å². The average Bonchev–Trinajstić information content (AvgIpc) is 2.48. The quantitative estimate of drug-likeness (QED) is 0.888. The molecule has 3 rings (SSSR count). The molecule has 1 aliphatic rings. The first-order valence-electron chi connectivity index (χ1n) is 7.53. The van der Waals surface area contributed by atoms with Crippen LogP contribution in [-0.4, -0.2) is 21.6 Å². The molecule has 1 aliphatic heterocycles. The Morgan fingerprint density at radius 1 is 1.05 bits per heavy atom. The van der Waals surface area contributed by atoms with E-state index in [0.717, 1.165) is 35.7 Å². The lowest BCUT2D eigenvalue weighted by Crippen LogP contribution is -2.28. The summed E-state index contributed by atoms with van der Waals surface area (Å²) < 4.78 is 0. The largest absolute Gasteiger partial charge is 0.508 e. The predicted molar refractivity (Wildman–Crippen MR) is 83.2 cm³/mol. The van der Waals surface area contributed by atoms with Gasteiger partial charge in [0.15, 0.2) is 5.82 Å². The molecule has 0 amide bonds. The molecule has 1 saturated heterocycles. The van der Waals surface area contributed by atoms with Crippen LogP contribution in [0.1, 0.15) is 42.3 Å². The highest BCUT2D eigenvalue weighted by Gasteiger charge is 2.21. The summed E-state index contributed by atoms with van der Waals surface area (Å²) in [4.78, 5) is 9.35. The highest BCUT2D eigenvalue weighted by molar-refractivity contribution is 5.57. The van der Waals surface area contributed by atoms with E-state index in [0.29, 0.717) is 6.04 Å². The van der Waals surface area contributed by atoms with E-state index in [-0.39, 0.29) is 5.75 Å². The molecule has 4 heteroatoms. The third kappa shape index (κ3) is 2.90. The molecular weight excluding hydrogens is 262 g/mol. The highest BCUT2D eigenvalue weighted by atomic mass is 16.3. The number of aromatic hydroxyl groups is 1. The van der Waals surface area contributed by atoms with Crippen molar-refractivity contribution in [1.82, 2.24) is 15.3 Å². The smallest absolute Gasteiger partial charge is 0.159 e. The highest BCUT2D eigenvalue weighted by Crippen LogP contribution is 2.28. The van der Waals surface area contributed by atoms with Crippen molar-refractivity contribution in [3.8, 4) is 17.1 Å². The second-order valence-corrected chi connectivity index (χ2v) is 5.68. The number of hydrogen-bond acceptors (Lipinski definition) is 4. The van der Waals surface area contributed by atoms with Crippen LogP contribution < -0.4 is 5.32 Å². The van der Waals surface area contributed by atoms with Gasteiger partial charge in [0.2, 0.25) is 0 Å². The van der Waals surface area contributed by atoms with Crippen LogP contribution >= 0.6 is 0 Å². The lowest BCUT2D eigenvalue weighted by molar-refractivity contribution is 0.408. The first-order valence-corrected chi connectivity index (χ1v) is 7.53. The molecule has 2 heterocycles. The molecule has 1 atom stereocenters. The summed E-state index contributed by atoms with van der Waals surface area (Å²) >= 11 is 0. The van der Waals surface area contributed by atoms with Gasteiger partial charge in [-0.3, -0.25) is 0 Å². The molecular formula is C17H21N3O. The van der Waals surface area contributed by atoms with Crippen LogP contribution in [0.5, 0.6) is 5.75 Å². The van der Waals surface area contributed by atoms with Crippen LogP contribution in [0.15, 0.2) is 24.3 Å². The van der Waals surface area contributed by atoms with E-state index in [9.17, 15) is 5.11 Å². The lowest BCUT2D eigenvalue weighted by atomic mass is 9.95. The lowest BCUT2D eigenvalue weighted by Gasteiger charge is -2.26. The standard InChI is InChI=1S/C17H21N3O/c1-11-16(15-5-3-4-10-18-15)12(2)20-17(19-11)13-6-8-14(21)9-7-13/h6-9,15,18,21H,3-5,10H2,1-2H3. The molecule has 0 spiro atoms. The zero-order valence-electron chi connectivity index (χ0n) is 12.6. The van der Waals surface area contributed by atoms with Crippen LogP contribution in [0.2, 0.25) is 0 Å². The Labute approximate surface area is 125 Å². The van der Waals surface area contributed by atoms with Gasteiger partial charge in [-0.1, -0.05) is 6.42 Å². The summed E-state index contributed by atoms with van der Waals surface area (Å²) in [6.07, 6.45) is 3.67. The van der Waals surface area contributed by atoms with Crippen molar-refractivity contribution in [1.29, 1.82) is 0 Å². The molecule has 0 saturated carbocycles. The fourth-order valence-electron chi connectivity index (χ4n) is 3.07. The second-order valence-electron chi connectivity index (χ2n) is 5.68. The second kappa shape index (κ2) is 5.82. The van der Waals surface area contributed by atoms with E-state index in [2.05, 4.69) is 29.1 Å². The Balaban J connectivity index is 1.97. The van der Waals surface area contributed by atoms with Crippen molar-refractivity contribution in [3.63, 3.8) is 0 Å². The molecule has 1 fully saturated rings. The Bertz CT molecular complexity index is 608. The monoisotopic (exact) mass is 283 g/mol. The molecule has 110 valence electrons. The number of nitrogens with zero attached hydrogens (tertiary/aromatic N) is 2. The summed E-state index contributed by atoms with van der Waals surface area (Å²) in [5, 5.41) is 12.9. The first kappa shape index (κ1) is 14.0. The number of aryl methyl sites for hydroxylation is 2. The van der Waals surface area contributed by atoms with Gasteiger partial charge in [-0.05, 0) is 57.5 Å². The Hall–Kier alpha value is -1.94. The zero-order chi connectivity index (χ0) is 14.8. The summed E-state index contributed by atoms with van der Waals surface area (Å²) in [5.41, 5.74) is 4.27. The summed E-state index contributed by atoms with van der Waals surface area (Å²) in [5.74, 6) is 0.986. The number of phenols is 1. The van der Waals surface area contributed by atoms with Crippen LogP contribution in [0, 0.1) is 13.8 Å². The molecule has 4 nitrogen and oxygen atoms in total. The summed E-state index contributed by atoms with van der Waals surface area (Å²) in [6.45, 7) is 5.19. The fourth-order valence-corrected chi connectivity index (χ4v) is 3.07. The van der Waals surface area contributed by atoms with Gasteiger partial charge in [-0.25, -0.2) is 9.97 Å². The van der Waals surface area contributed by atoms with Gasteiger partial charge >= 0.3 is 0 Å². The molecule has 1 aromatic heterocycles. The van der Waals surface area contributed by atoms with Crippen molar-refractivity contribution in [2.45, 2.75) is 39.2 Å². The van der Waals surface area contributed by atoms with Crippen LogP contribution in [0.25, 0.3) is 11.4 Å². The van der Waals surface area contributed by atoms with Crippen molar-refractivity contribution < 1.29 is 5.11 Å². The molecule has 0 aliphatic carbocycles. The maximum absolute atomic E-state index is 9.38. The van der Waals surface area contributed by atoms with Crippen LogP contribution in [-0.2, 0) is 0 Å². The number of phenolic OH excluding ortho intramolecular Hbond substituents is 1. The topological polar surface area (TPSA) is 58.0 Å². The maximum atomic E-state index is 9.38. The number of hydrogen-bond donors (Lipinski definition) is 2. The van der Waals surface area contributed by atoms with E-state index in [1.165, 1.54) is 18.4 Å². The summed E-state index contributed by atoms with van der Waals surface area (Å²) in [6, 6.07) is 7.41. The molecule has 21 heavy (non-hydrogen) atoms. The van der Waals surface area contributed by atoms with Crippen LogP contribution in [0.3, 0.4) is 0 Å². The molecule has 1 aromatic carbocycles. The maximum Gasteiger partial charge on any atom is 0.159 e. The number of aromatic nitrogens is 2. The number of nitrogens with one attached hydrogen (secondary N) is 1. The number of rotatable bonds is 2. The Morgan fingerprint density at radius 2 is 1.71 bits per heavy atom.